The van der Waals surface area contributed by atoms with Crippen LogP contribution in [0, 0.1) is 0 Å². The third-order valence-corrected chi connectivity index (χ3v) is 9.95. The van der Waals surface area contributed by atoms with Gasteiger partial charge >= 0.3 is 5.97 Å². The molecule has 320 valence electrons. The van der Waals surface area contributed by atoms with Gasteiger partial charge in [-0.05, 0) is 70.6 Å². The lowest BCUT2D eigenvalue weighted by Crippen LogP contribution is -2.59. The summed E-state index contributed by atoms with van der Waals surface area (Å²) in [5.41, 5.74) is 0. The highest BCUT2D eigenvalue weighted by atomic mass is 16.7. The zero-order chi connectivity index (χ0) is 40.0. The van der Waals surface area contributed by atoms with Crippen molar-refractivity contribution in [2.75, 3.05) is 26.4 Å². The van der Waals surface area contributed by atoms with Gasteiger partial charge in [0.1, 0.15) is 30.5 Å². The van der Waals surface area contributed by atoms with Crippen LogP contribution in [0.3, 0.4) is 0 Å². The van der Waals surface area contributed by atoms with Crippen LogP contribution < -0.4 is 0 Å². The Hall–Kier alpha value is -1.85. The fourth-order valence-electron chi connectivity index (χ4n) is 6.44. The number of ether oxygens (including phenoxy) is 4. The van der Waals surface area contributed by atoms with Crippen LogP contribution in [0.15, 0.2) is 48.6 Å². The van der Waals surface area contributed by atoms with Gasteiger partial charge < -0.3 is 39.4 Å². The molecular formula is C46H82O9. The Balaban J connectivity index is 2.27. The fourth-order valence-corrected chi connectivity index (χ4v) is 6.44. The number of allylic oxidation sites excluding steroid dienone is 8. The van der Waals surface area contributed by atoms with Gasteiger partial charge in [-0.15, -0.1) is 0 Å². The molecular weight excluding hydrogens is 696 g/mol. The van der Waals surface area contributed by atoms with Crippen LogP contribution in [-0.4, -0.2) is 89.6 Å². The van der Waals surface area contributed by atoms with E-state index in [1.807, 2.05) is 0 Å². The average molecular weight is 779 g/mol. The lowest BCUT2D eigenvalue weighted by Gasteiger charge is -2.39. The van der Waals surface area contributed by atoms with Gasteiger partial charge in [-0.3, -0.25) is 4.79 Å². The number of rotatable bonds is 37. The smallest absolute Gasteiger partial charge is 0.306 e. The van der Waals surface area contributed by atoms with Crippen molar-refractivity contribution in [3.8, 4) is 0 Å². The summed E-state index contributed by atoms with van der Waals surface area (Å²) < 4.78 is 22.8. The van der Waals surface area contributed by atoms with E-state index in [0.717, 1.165) is 70.6 Å². The zero-order valence-electron chi connectivity index (χ0n) is 34.9. The third kappa shape index (κ3) is 29.1. The summed E-state index contributed by atoms with van der Waals surface area (Å²) in [6.07, 6.45) is 38.5. The Bertz CT molecular complexity index is 978. The number of aliphatic hydroxyl groups is 4. The van der Waals surface area contributed by atoms with Crippen LogP contribution in [0.5, 0.6) is 0 Å². The van der Waals surface area contributed by atoms with E-state index >= 15 is 0 Å². The first-order chi connectivity index (χ1) is 26.9. The second-order valence-electron chi connectivity index (χ2n) is 15.1. The molecule has 1 fully saturated rings. The van der Waals surface area contributed by atoms with Crippen LogP contribution >= 0.6 is 0 Å². The van der Waals surface area contributed by atoms with Crippen molar-refractivity contribution in [1.29, 1.82) is 0 Å². The van der Waals surface area contributed by atoms with Gasteiger partial charge in [0.25, 0.3) is 0 Å². The quantitative estimate of drug-likeness (QED) is 0.0276. The average Bonchev–Trinajstić information content (AvgIpc) is 3.18. The second-order valence-corrected chi connectivity index (χ2v) is 15.1. The molecule has 0 radical (unpaired) electrons. The second kappa shape index (κ2) is 37.7. The standard InChI is InChI=1S/C46H82O9/c1-3-5-7-9-11-13-15-17-18-19-20-21-22-24-26-28-30-32-34-36-52-38-40(39-53-46-45(51)44(50)43(49)41(37-47)55-46)54-42(48)35-33-31-29-27-25-23-16-14-12-10-8-6-4-2/h8,10,13-16,18-19,40-41,43-47,49-51H,3-7,9,11-12,17,20-39H2,1-2H3/b10-8-,15-13-,16-14-,19-18-. The number of unbranched alkanes of at least 4 members (excludes halogenated alkanes) is 18. The first-order valence-corrected chi connectivity index (χ1v) is 22.2. The van der Waals surface area contributed by atoms with Crippen molar-refractivity contribution < 1.29 is 44.2 Å². The predicted molar refractivity (Wildman–Crippen MR) is 224 cm³/mol. The van der Waals surface area contributed by atoms with E-state index < -0.39 is 43.4 Å². The van der Waals surface area contributed by atoms with Crippen molar-refractivity contribution in [3.63, 3.8) is 0 Å². The van der Waals surface area contributed by atoms with Crippen LogP contribution in [0.25, 0.3) is 0 Å². The predicted octanol–water partition coefficient (Wildman–Crippen LogP) is 9.75. The molecule has 1 saturated heterocycles. The Morgan fingerprint density at radius 2 is 1.09 bits per heavy atom. The largest absolute Gasteiger partial charge is 0.457 e. The van der Waals surface area contributed by atoms with Gasteiger partial charge in [-0.1, -0.05) is 146 Å². The Labute approximate surface area is 335 Å². The number of aliphatic hydroxyl groups excluding tert-OH is 4. The van der Waals surface area contributed by atoms with E-state index in [-0.39, 0.29) is 19.2 Å². The molecule has 0 spiro atoms. The summed E-state index contributed by atoms with van der Waals surface area (Å²) in [6, 6.07) is 0. The molecule has 9 heteroatoms. The molecule has 4 N–H and O–H groups in total. The van der Waals surface area contributed by atoms with Crippen molar-refractivity contribution in [2.45, 2.75) is 211 Å². The van der Waals surface area contributed by atoms with Gasteiger partial charge in [-0.2, -0.15) is 0 Å². The number of carbonyl (C=O) groups is 1. The fraction of sp³-hybridized carbons (Fsp3) is 0.804. The van der Waals surface area contributed by atoms with Gasteiger partial charge in [0.2, 0.25) is 0 Å². The molecule has 55 heavy (non-hydrogen) atoms. The van der Waals surface area contributed by atoms with E-state index in [9.17, 15) is 25.2 Å². The van der Waals surface area contributed by atoms with E-state index in [4.69, 9.17) is 18.9 Å². The summed E-state index contributed by atoms with van der Waals surface area (Å²) in [5.74, 6) is -0.332. The molecule has 1 rings (SSSR count). The molecule has 1 aliphatic heterocycles. The van der Waals surface area contributed by atoms with Crippen molar-refractivity contribution in [1.82, 2.24) is 0 Å². The normalized spacial score (nSPS) is 21.2. The van der Waals surface area contributed by atoms with Gasteiger partial charge in [0, 0.05) is 13.0 Å². The minimum absolute atomic E-state index is 0.123. The van der Waals surface area contributed by atoms with Gasteiger partial charge in [0.15, 0.2) is 6.29 Å². The van der Waals surface area contributed by atoms with Crippen LogP contribution in [-0.2, 0) is 23.7 Å². The van der Waals surface area contributed by atoms with Gasteiger partial charge in [0.05, 0.1) is 19.8 Å². The molecule has 0 aromatic rings. The SMILES string of the molecule is CCC/C=C\C/C=C\CCCCCCCC(=O)OC(COCCCCCCCCCC/C=C\C/C=C\CCCCCC)COC1OC(CO)C(O)C(O)C1O. The topological polar surface area (TPSA) is 135 Å². The molecule has 9 nitrogen and oxygen atoms in total. The lowest BCUT2D eigenvalue weighted by atomic mass is 9.99. The van der Waals surface area contributed by atoms with Crippen molar-refractivity contribution in [3.05, 3.63) is 48.6 Å². The molecule has 0 bridgehead atoms. The maximum absolute atomic E-state index is 12.7. The van der Waals surface area contributed by atoms with E-state index in [1.54, 1.807) is 0 Å². The molecule has 0 aromatic carbocycles. The minimum Gasteiger partial charge on any atom is -0.457 e. The molecule has 0 aliphatic carbocycles. The Morgan fingerprint density at radius 3 is 1.64 bits per heavy atom. The number of esters is 1. The molecule has 6 atom stereocenters. The van der Waals surface area contributed by atoms with Crippen LogP contribution in [0.2, 0.25) is 0 Å². The summed E-state index contributed by atoms with van der Waals surface area (Å²) in [6.45, 7) is 4.44. The highest BCUT2D eigenvalue weighted by molar-refractivity contribution is 5.69. The summed E-state index contributed by atoms with van der Waals surface area (Å²) in [5, 5.41) is 40.1. The molecule has 0 amide bonds. The van der Waals surface area contributed by atoms with Gasteiger partial charge in [-0.25, -0.2) is 0 Å². The molecule has 0 aromatic heterocycles. The lowest BCUT2D eigenvalue weighted by molar-refractivity contribution is -0.305. The van der Waals surface area contributed by atoms with Crippen LogP contribution in [0.4, 0.5) is 0 Å². The van der Waals surface area contributed by atoms with Crippen molar-refractivity contribution >= 4 is 5.97 Å². The first kappa shape index (κ1) is 51.2. The van der Waals surface area contributed by atoms with E-state index in [0.29, 0.717) is 13.0 Å². The maximum Gasteiger partial charge on any atom is 0.306 e. The van der Waals surface area contributed by atoms with Crippen molar-refractivity contribution in [2.24, 2.45) is 0 Å². The molecule has 0 saturated carbocycles. The monoisotopic (exact) mass is 779 g/mol. The summed E-state index contributed by atoms with van der Waals surface area (Å²) in [7, 11) is 0. The zero-order valence-corrected chi connectivity index (χ0v) is 34.9. The third-order valence-electron chi connectivity index (χ3n) is 9.95. The Kier molecular flexibility index (Phi) is 35.1. The minimum atomic E-state index is -1.54. The summed E-state index contributed by atoms with van der Waals surface area (Å²) in [4.78, 5) is 12.7. The van der Waals surface area contributed by atoms with Crippen LogP contribution in [0.1, 0.15) is 174 Å². The van der Waals surface area contributed by atoms with E-state index in [2.05, 4.69) is 62.5 Å². The number of carbonyl (C=O) groups excluding carboxylic acids is 1. The first-order valence-electron chi connectivity index (χ1n) is 22.2. The van der Waals surface area contributed by atoms with E-state index in [1.165, 1.54) is 83.5 Å². The maximum atomic E-state index is 12.7. The molecule has 1 aliphatic rings. The summed E-state index contributed by atoms with van der Waals surface area (Å²) >= 11 is 0. The highest BCUT2D eigenvalue weighted by Gasteiger charge is 2.44. The number of hydrogen-bond donors (Lipinski definition) is 4. The highest BCUT2D eigenvalue weighted by Crippen LogP contribution is 2.22. The molecule has 6 unspecified atom stereocenters. The number of hydrogen-bond acceptors (Lipinski definition) is 9. The Morgan fingerprint density at radius 1 is 0.582 bits per heavy atom. The molecule has 1 heterocycles.